The molecule has 0 radical (unpaired) electrons. The van der Waals surface area contributed by atoms with E-state index >= 15 is 0 Å². The molecule has 0 saturated heterocycles. The quantitative estimate of drug-likeness (QED) is 0.716. The maximum atomic E-state index is 5.84. The molecule has 2 aromatic carbocycles. The monoisotopic (exact) mass is 332 g/mol. The molecule has 1 heterocycles. The number of halogens is 1. The van der Waals surface area contributed by atoms with Gasteiger partial charge in [0.15, 0.2) is 5.58 Å². The summed E-state index contributed by atoms with van der Waals surface area (Å²) in [7, 11) is 1.63. The van der Waals surface area contributed by atoms with Crippen LogP contribution in [0, 0.1) is 6.92 Å². The van der Waals surface area contributed by atoms with Crippen molar-refractivity contribution in [3.8, 4) is 17.2 Å². The Balaban J connectivity index is 2.15. The highest BCUT2D eigenvalue weighted by Gasteiger charge is 2.12. The number of anilines is 1. The number of ether oxygens (including phenoxy) is 1. The number of oxazole rings is 1. The summed E-state index contributed by atoms with van der Waals surface area (Å²) in [6, 6.07) is 9.39. The number of aromatic nitrogens is 1. The molecule has 20 heavy (non-hydrogen) atoms. The molecule has 0 aliphatic rings. The smallest absolute Gasteiger partial charge is 0.227 e. The molecule has 0 amide bonds. The van der Waals surface area contributed by atoms with E-state index in [9.17, 15) is 0 Å². The Morgan fingerprint density at radius 1 is 1.25 bits per heavy atom. The molecule has 3 aromatic rings. The lowest BCUT2D eigenvalue weighted by atomic mass is 10.2. The van der Waals surface area contributed by atoms with Gasteiger partial charge in [-0.05, 0) is 58.7 Å². The van der Waals surface area contributed by atoms with Gasteiger partial charge in [-0.2, -0.15) is 0 Å². The van der Waals surface area contributed by atoms with E-state index in [1.165, 1.54) is 0 Å². The summed E-state index contributed by atoms with van der Waals surface area (Å²) in [4.78, 5) is 4.49. The van der Waals surface area contributed by atoms with Gasteiger partial charge < -0.3 is 14.9 Å². The number of hydrogen-bond acceptors (Lipinski definition) is 4. The molecule has 102 valence electrons. The highest BCUT2D eigenvalue weighted by atomic mass is 79.9. The van der Waals surface area contributed by atoms with Gasteiger partial charge >= 0.3 is 0 Å². The second-order valence-electron chi connectivity index (χ2n) is 4.55. The van der Waals surface area contributed by atoms with E-state index in [2.05, 4.69) is 20.9 Å². The van der Waals surface area contributed by atoms with Crippen LogP contribution in [0.25, 0.3) is 22.6 Å². The number of fused-ring (bicyclic) bond motifs is 1. The van der Waals surface area contributed by atoms with Gasteiger partial charge in [0.1, 0.15) is 11.3 Å². The van der Waals surface area contributed by atoms with Crippen molar-refractivity contribution in [2.24, 2.45) is 0 Å². The van der Waals surface area contributed by atoms with Crippen LogP contribution in [0.5, 0.6) is 5.75 Å². The number of hydrogen-bond donors (Lipinski definition) is 1. The second kappa shape index (κ2) is 4.83. The fraction of sp³-hybridized carbons (Fsp3) is 0.133. The fourth-order valence-electron chi connectivity index (χ4n) is 2.15. The van der Waals surface area contributed by atoms with Crippen LogP contribution in [0.3, 0.4) is 0 Å². The highest BCUT2D eigenvalue weighted by Crippen LogP contribution is 2.32. The van der Waals surface area contributed by atoms with E-state index in [-0.39, 0.29) is 0 Å². The molecule has 0 atom stereocenters. The van der Waals surface area contributed by atoms with Gasteiger partial charge in [-0.3, -0.25) is 0 Å². The van der Waals surface area contributed by atoms with Gasteiger partial charge in [0, 0.05) is 11.3 Å². The van der Waals surface area contributed by atoms with E-state index in [0.717, 1.165) is 32.4 Å². The average molecular weight is 333 g/mol. The molecular weight excluding hydrogens is 320 g/mol. The van der Waals surface area contributed by atoms with Crippen molar-refractivity contribution < 1.29 is 9.15 Å². The Kier molecular flexibility index (Phi) is 3.14. The van der Waals surface area contributed by atoms with E-state index in [1.807, 2.05) is 37.3 Å². The summed E-state index contributed by atoms with van der Waals surface area (Å²) in [6.45, 7) is 1.96. The minimum absolute atomic E-state index is 0.567. The third-order valence-corrected chi connectivity index (χ3v) is 3.72. The van der Waals surface area contributed by atoms with Crippen LogP contribution in [0.15, 0.2) is 39.2 Å². The normalized spacial score (nSPS) is 10.9. The lowest BCUT2D eigenvalue weighted by Gasteiger charge is -2.03. The van der Waals surface area contributed by atoms with Crippen LogP contribution >= 0.6 is 15.9 Å². The first-order valence-electron chi connectivity index (χ1n) is 6.09. The third kappa shape index (κ3) is 2.14. The predicted molar refractivity (Wildman–Crippen MR) is 82.8 cm³/mol. The van der Waals surface area contributed by atoms with Crippen molar-refractivity contribution in [1.82, 2.24) is 4.98 Å². The van der Waals surface area contributed by atoms with Crippen LogP contribution in [0.4, 0.5) is 5.69 Å². The molecule has 3 rings (SSSR count). The molecule has 0 unspecified atom stereocenters. The zero-order valence-electron chi connectivity index (χ0n) is 11.1. The molecule has 1 aromatic heterocycles. The fourth-order valence-corrected chi connectivity index (χ4v) is 2.69. The highest BCUT2D eigenvalue weighted by molar-refractivity contribution is 9.10. The number of rotatable bonds is 2. The van der Waals surface area contributed by atoms with Gasteiger partial charge in [0.25, 0.3) is 0 Å². The van der Waals surface area contributed by atoms with E-state index in [4.69, 9.17) is 14.9 Å². The average Bonchev–Trinajstić information content (AvgIpc) is 2.82. The maximum absolute atomic E-state index is 5.84. The summed E-state index contributed by atoms with van der Waals surface area (Å²) in [5.74, 6) is 1.34. The summed E-state index contributed by atoms with van der Waals surface area (Å²) < 4.78 is 11.9. The molecule has 2 N–H and O–H groups in total. The molecule has 4 nitrogen and oxygen atoms in total. The van der Waals surface area contributed by atoms with Crippen molar-refractivity contribution >= 4 is 32.7 Å². The van der Waals surface area contributed by atoms with Gasteiger partial charge in [-0.15, -0.1) is 0 Å². The lowest BCUT2D eigenvalue weighted by molar-refractivity contribution is 0.412. The van der Waals surface area contributed by atoms with Crippen molar-refractivity contribution in [3.05, 3.63) is 40.4 Å². The number of nitrogen functional groups attached to an aromatic ring is 1. The van der Waals surface area contributed by atoms with Crippen LogP contribution in [0.1, 0.15) is 5.56 Å². The zero-order valence-corrected chi connectivity index (χ0v) is 12.7. The van der Waals surface area contributed by atoms with E-state index in [0.29, 0.717) is 11.6 Å². The molecule has 0 saturated carbocycles. The largest absolute Gasteiger partial charge is 0.496 e. The van der Waals surface area contributed by atoms with Crippen LogP contribution in [0.2, 0.25) is 0 Å². The summed E-state index contributed by atoms with van der Waals surface area (Å²) >= 11 is 3.46. The molecule has 0 aliphatic heterocycles. The van der Waals surface area contributed by atoms with Crippen molar-refractivity contribution in [3.63, 3.8) is 0 Å². The lowest BCUT2D eigenvalue weighted by Crippen LogP contribution is -1.86. The molecular formula is C15H13BrN2O2. The Morgan fingerprint density at radius 2 is 2.05 bits per heavy atom. The number of methoxy groups -OCH3 is 1. The number of nitrogens with zero attached hydrogens (tertiary/aromatic N) is 1. The summed E-state index contributed by atoms with van der Waals surface area (Å²) in [5, 5.41) is 0. The first-order valence-corrected chi connectivity index (χ1v) is 6.88. The molecule has 0 bridgehead atoms. The third-order valence-electron chi connectivity index (χ3n) is 3.10. The number of benzene rings is 2. The second-order valence-corrected chi connectivity index (χ2v) is 5.41. The van der Waals surface area contributed by atoms with E-state index < -0.39 is 0 Å². The Bertz CT molecular complexity index is 796. The number of nitrogens with two attached hydrogens (primary N) is 1. The van der Waals surface area contributed by atoms with Gasteiger partial charge in [-0.25, -0.2) is 4.98 Å². The van der Waals surface area contributed by atoms with Crippen molar-refractivity contribution in [2.45, 2.75) is 6.92 Å². The first kappa shape index (κ1) is 13.0. The Labute approximate surface area is 124 Å². The van der Waals surface area contributed by atoms with Crippen molar-refractivity contribution in [2.75, 3.05) is 12.8 Å². The van der Waals surface area contributed by atoms with E-state index in [1.54, 1.807) is 7.11 Å². The standard InChI is InChI=1S/C15H13BrN2O2/c1-8-5-10(17)7-12-14(8)20-15(18-12)9-3-4-13(19-2)11(16)6-9/h3-7H,17H2,1-2H3. The van der Waals surface area contributed by atoms with Crippen molar-refractivity contribution in [1.29, 1.82) is 0 Å². The van der Waals surface area contributed by atoms with Crippen LogP contribution in [-0.4, -0.2) is 12.1 Å². The molecule has 0 fully saturated rings. The topological polar surface area (TPSA) is 61.3 Å². The zero-order chi connectivity index (χ0) is 14.3. The number of aryl methyl sites for hydroxylation is 1. The van der Waals surface area contributed by atoms with Gasteiger partial charge in [-0.1, -0.05) is 0 Å². The molecule has 0 spiro atoms. The molecule has 5 heteroatoms. The Hall–Kier alpha value is -2.01. The minimum Gasteiger partial charge on any atom is -0.496 e. The van der Waals surface area contributed by atoms with Crippen LogP contribution in [-0.2, 0) is 0 Å². The maximum Gasteiger partial charge on any atom is 0.227 e. The summed E-state index contributed by atoms with van der Waals surface area (Å²) in [5.41, 5.74) is 9.91. The van der Waals surface area contributed by atoms with Gasteiger partial charge in [0.05, 0.1) is 11.6 Å². The predicted octanol–water partition coefficient (Wildman–Crippen LogP) is 4.16. The van der Waals surface area contributed by atoms with Crippen LogP contribution < -0.4 is 10.5 Å². The first-order chi connectivity index (χ1) is 9.58. The minimum atomic E-state index is 0.567. The Morgan fingerprint density at radius 3 is 2.75 bits per heavy atom. The molecule has 0 aliphatic carbocycles. The summed E-state index contributed by atoms with van der Waals surface area (Å²) in [6.07, 6.45) is 0. The van der Waals surface area contributed by atoms with Gasteiger partial charge in [0.2, 0.25) is 5.89 Å². The SMILES string of the molecule is COc1ccc(-c2nc3cc(N)cc(C)c3o2)cc1Br.